The van der Waals surface area contributed by atoms with Crippen molar-refractivity contribution in [2.24, 2.45) is 0 Å². The van der Waals surface area contributed by atoms with E-state index < -0.39 is 0 Å². The molecule has 0 bridgehead atoms. The van der Waals surface area contributed by atoms with Crippen molar-refractivity contribution in [3.8, 4) is 22.8 Å². The molecule has 0 aliphatic carbocycles. The summed E-state index contributed by atoms with van der Waals surface area (Å²) in [5.74, 6) is 1.83. The molecule has 0 atom stereocenters. The van der Waals surface area contributed by atoms with Gasteiger partial charge in [0.1, 0.15) is 22.8 Å². The third-order valence-corrected chi connectivity index (χ3v) is 5.28. The van der Waals surface area contributed by atoms with Gasteiger partial charge in [-0.25, -0.2) is 0 Å². The maximum Gasteiger partial charge on any atom is 0.262 e. The molecule has 6 nitrogen and oxygen atoms in total. The van der Waals surface area contributed by atoms with E-state index in [0.717, 1.165) is 11.1 Å². The molecule has 0 aliphatic rings. The summed E-state index contributed by atoms with van der Waals surface area (Å²) in [6.45, 7) is 4.12. The summed E-state index contributed by atoms with van der Waals surface area (Å²) in [6.07, 6.45) is 0. The Morgan fingerprint density at radius 3 is 2.48 bits per heavy atom. The zero-order chi connectivity index (χ0) is 23.4. The van der Waals surface area contributed by atoms with E-state index in [0.29, 0.717) is 39.8 Å². The molecule has 4 rings (SSSR count). The molecule has 4 aromatic rings. The van der Waals surface area contributed by atoms with E-state index in [1.54, 1.807) is 49.6 Å². The fourth-order valence-electron chi connectivity index (χ4n) is 3.43. The van der Waals surface area contributed by atoms with E-state index in [4.69, 9.17) is 13.9 Å². The van der Waals surface area contributed by atoms with Gasteiger partial charge < -0.3 is 19.2 Å². The Labute approximate surface area is 191 Å². The fourth-order valence-corrected chi connectivity index (χ4v) is 3.43. The van der Waals surface area contributed by atoms with Crippen LogP contribution in [0, 0.1) is 0 Å². The monoisotopic (exact) mass is 443 g/mol. The van der Waals surface area contributed by atoms with Crippen molar-refractivity contribution in [2.75, 3.05) is 19.0 Å². The highest BCUT2D eigenvalue weighted by Gasteiger charge is 2.10. The minimum atomic E-state index is -0.260. The molecule has 1 N–H and O–H groups in total. The van der Waals surface area contributed by atoms with Crippen LogP contribution in [-0.2, 0) is 4.79 Å². The summed E-state index contributed by atoms with van der Waals surface area (Å²) < 4.78 is 16.7. The first-order chi connectivity index (χ1) is 15.9. The van der Waals surface area contributed by atoms with Gasteiger partial charge in [-0.1, -0.05) is 26.0 Å². The molecule has 0 fully saturated rings. The molecular weight excluding hydrogens is 418 g/mol. The molecule has 0 saturated carbocycles. The van der Waals surface area contributed by atoms with E-state index >= 15 is 0 Å². The first-order valence-electron chi connectivity index (χ1n) is 10.7. The van der Waals surface area contributed by atoms with Gasteiger partial charge >= 0.3 is 0 Å². The fraction of sp³-hybridized carbons (Fsp3) is 0.185. The molecular formula is C27H25NO5. The Kier molecular flexibility index (Phi) is 6.45. The zero-order valence-corrected chi connectivity index (χ0v) is 18.8. The second-order valence-corrected chi connectivity index (χ2v) is 7.98. The highest BCUT2D eigenvalue weighted by atomic mass is 16.5. The number of hydrogen-bond acceptors (Lipinski definition) is 5. The van der Waals surface area contributed by atoms with Gasteiger partial charge in [-0.05, 0) is 66.1 Å². The largest absolute Gasteiger partial charge is 0.497 e. The van der Waals surface area contributed by atoms with Crippen molar-refractivity contribution < 1.29 is 18.7 Å². The number of carbonyl (C=O) groups excluding carboxylic acids is 1. The van der Waals surface area contributed by atoms with Gasteiger partial charge in [0, 0.05) is 17.3 Å². The number of ether oxygens (including phenoxy) is 2. The summed E-state index contributed by atoms with van der Waals surface area (Å²) in [5.41, 5.74) is 2.83. The SMILES string of the molecule is COc1ccc2oc(-c3ccc(NC(=O)COc4cccc(C(C)C)c4)cc3)cc(=O)c2c1. The van der Waals surface area contributed by atoms with E-state index in [1.165, 1.54) is 6.07 Å². The molecule has 0 unspecified atom stereocenters. The van der Waals surface area contributed by atoms with Crippen molar-refractivity contribution in [1.29, 1.82) is 0 Å². The second kappa shape index (κ2) is 9.61. The number of carbonyl (C=O) groups is 1. The van der Waals surface area contributed by atoms with Crippen molar-refractivity contribution >= 4 is 22.6 Å². The number of anilines is 1. The van der Waals surface area contributed by atoms with Crippen LogP contribution in [0.1, 0.15) is 25.3 Å². The lowest BCUT2D eigenvalue weighted by Gasteiger charge is -2.10. The van der Waals surface area contributed by atoms with Crippen LogP contribution in [0.4, 0.5) is 5.69 Å². The summed E-state index contributed by atoms with van der Waals surface area (Å²) >= 11 is 0. The maximum absolute atomic E-state index is 12.5. The number of amides is 1. The second-order valence-electron chi connectivity index (χ2n) is 7.98. The Balaban J connectivity index is 1.42. The first-order valence-corrected chi connectivity index (χ1v) is 10.7. The third kappa shape index (κ3) is 5.23. The summed E-state index contributed by atoms with van der Waals surface area (Å²) in [5, 5.41) is 3.27. The van der Waals surface area contributed by atoms with Crippen LogP contribution in [0.5, 0.6) is 11.5 Å². The predicted molar refractivity (Wildman–Crippen MR) is 129 cm³/mol. The van der Waals surface area contributed by atoms with Crippen LogP contribution in [0.3, 0.4) is 0 Å². The summed E-state index contributed by atoms with van der Waals surface area (Å²) in [6, 6.07) is 21.4. The maximum atomic E-state index is 12.5. The Hall–Kier alpha value is -4.06. The smallest absolute Gasteiger partial charge is 0.262 e. The number of hydrogen-bond donors (Lipinski definition) is 1. The summed E-state index contributed by atoms with van der Waals surface area (Å²) in [7, 11) is 1.55. The van der Waals surface area contributed by atoms with Crippen LogP contribution in [0.2, 0.25) is 0 Å². The molecule has 0 saturated heterocycles. The van der Waals surface area contributed by atoms with E-state index in [9.17, 15) is 9.59 Å². The van der Waals surface area contributed by atoms with Gasteiger partial charge in [-0.2, -0.15) is 0 Å². The molecule has 168 valence electrons. The lowest BCUT2D eigenvalue weighted by Crippen LogP contribution is -2.20. The van der Waals surface area contributed by atoms with Crippen molar-refractivity contribution in [2.45, 2.75) is 19.8 Å². The van der Waals surface area contributed by atoms with E-state index in [2.05, 4.69) is 19.2 Å². The average Bonchev–Trinajstić information content (AvgIpc) is 2.83. The quantitative estimate of drug-likeness (QED) is 0.402. The van der Waals surface area contributed by atoms with Crippen LogP contribution in [-0.4, -0.2) is 19.6 Å². The Morgan fingerprint density at radius 1 is 0.970 bits per heavy atom. The molecule has 1 amide bonds. The molecule has 0 aliphatic heterocycles. The van der Waals surface area contributed by atoms with Gasteiger partial charge in [0.2, 0.25) is 0 Å². The topological polar surface area (TPSA) is 77.8 Å². The van der Waals surface area contributed by atoms with Crippen molar-refractivity contribution in [3.63, 3.8) is 0 Å². The Morgan fingerprint density at radius 2 is 1.76 bits per heavy atom. The van der Waals surface area contributed by atoms with Crippen LogP contribution in [0.25, 0.3) is 22.3 Å². The van der Waals surface area contributed by atoms with Crippen molar-refractivity contribution in [3.05, 3.63) is 88.6 Å². The Bertz CT molecular complexity index is 1340. The average molecular weight is 443 g/mol. The van der Waals surface area contributed by atoms with Crippen LogP contribution < -0.4 is 20.2 Å². The number of rotatable bonds is 7. The molecule has 33 heavy (non-hydrogen) atoms. The van der Waals surface area contributed by atoms with Gasteiger partial charge in [-0.15, -0.1) is 0 Å². The van der Waals surface area contributed by atoms with E-state index in [1.807, 2.05) is 24.3 Å². The third-order valence-electron chi connectivity index (χ3n) is 5.28. The van der Waals surface area contributed by atoms with Crippen LogP contribution in [0.15, 0.2) is 82.0 Å². The summed E-state index contributed by atoms with van der Waals surface area (Å²) in [4.78, 5) is 24.8. The predicted octanol–water partition coefficient (Wildman–Crippen LogP) is 5.61. The standard InChI is InChI=1S/C27H25NO5/c1-17(2)19-5-4-6-22(13-19)32-16-27(30)28-20-9-7-18(8-10-20)26-15-24(29)23-14-21(31-3)11-12-25(23)33-26/h4-15,17H,16H2,1-3H3,(H,28,30). The van der Waals surface area contributed by atoms with Gasteiger partial charge in [0.15, 0.2) is 12.0 Å². The molecule has 3 aromatic carbocycles. The van der Waals surface area contributed by atoms with Gasteiger partial charge in [-0.3, -0.25) is 9.59 Å². The normalized spacial score (nSPS) is 10.9. The molecule has 0 spiro atoms. The van der Waals surface area contributed by atoms with Gasteiger partial charge in [0.05, 0.1) is 12.5 Å². The number of fused-ring (bicyclic) bond motifs is 1. The molecule has 1 heterocycles. The molecule has 6 heteroatoms. The first kappa shape index (κ1) is 22.1. The van der Waals surface area contributed by atoms with E-state index in [-0.39, 0.29) is 17.9 Å². The minimum Gasteiger partial charge on any atom is -0.497 e. The highest BCUT2D eigenvalue weighted by Crippen LogP contribution is 2.26. The van der Waals surface area contributed by atoms with Gasteiger partial charge in [0.25, 0.3) is 5.91 Å². The highest BCUT2D eigenvalue weighted by molar-refractivity contribution is 5.92. The van der Waals surface area contributed by atoms with Crippen LogP contribution >= 0.6 is 0 Å². The number of benzene rings is 3. The zero-order valence-electron chi connectivity index (χ0n) is 18.8. The van der Waals surface area contributed by atoms with Crippen molar-refractivity contribution in [1.82, 2.24) is 0 Å². The lowest BCUT2D eigenvalue weighted by molar-refractivity contribution is -0.118. The number of methoxy groups -OCH3 is 1. The molecule has 0 radical (unpaired) electrons. The lowest BCUT2D eigenvalue weighted by atomic mass is 10.0. The minimum absolute atomic E-state index is 0.0910. The number of nitrogens with one attached hydrogen (secondary N) is 1. The molecule has 1 aromatic heterocycles.